The molecule has 35 heavy (non-hydrogen) atoms. The number of esters is 1. The number of rotatable bonds is 7. The first kappa shape index (κ1) is 24.4. The van der Waals surface area contributed by atoms with Crippen LogP contribution < -0.4 is 15.5 Å². The monoisotopic (exact) mass is 480 g/mol. The maximum absolute atomic E-state index is 13.5. The standard InChI is InChI=1S/C26H29FN4O4/c1-3-35-25(33)23-22(28-26(34)29-24(23)19-4-8-20(27)9-5-19)16-30-12-14-31(15-13-30)21-10-6-18(7-11-21)17(2)32/h4-11,24H,3,12-16H2,1-2H3,(H2,28,29,34)/t24-/m1/s1. The van der Waals surface area contributed by atoms with Gasteiger partial charge in [-0.25, -0.2) is 14.0 Å². The van der Waals surface area contributed by atoms with E-state index in [1.54, 1.807) is 26.0 Å². The van der Waals surface area contributed by atoms with Gasteiger partial charge in [0.2, 0.25) is 0 Å². The number of ketones is 1. The lowest BCUT2D eigenvalue weighted by Crippen LogP contribution is -2.51. The molecule has 0 bridgehead atoms. The number of benzene rings is 2. The van der Waals surface area contributed by atoms with E-state index in [0.717, 1.165) is 31.9 Å². The fourth-order valence-corrected chi connectivity index (χ4v) is 4.39. The number of halogens is 1. The number of anilines is 1. The van der Waals surface area contributed by atoms with E-state index in [-0.39, 0.29) is 12.4 Å². The third kappa shape index (κ3) is 5.68. The van der Waals surface area contributed by atoms with Crippen molar-refractivity contribution >= 4 is 23.5 Å². The molecule has 8 nitrogen and oxygen atoms in total. The van der Waals surface area contributed by atoms with Crippen molar-refractivity contribution in [3.8, 4) is 0 Å². The molecule has 0 radical (unpaired) electrons. The Hall–Kier alpha value is -3.72. The number of ether oxygens (including phenoxy) is 1. The largest absolute Gasteiger partial charge is 0.463 e. The zero-order chi connectivity index (χ0) is 24.9. The maximum Gasteiger partial charge on any atom is 0.338 e. The predicted molar refractivity (Wildman–Crippen MR) is 130 cm³/mol. The highest BCUT2D eigenvalue weighted by molar-refractivity contribution is 5.95. The van der Waals surface area contributed by atoms with E-state index in [4.69, 9.17) is 4.74 Å². The van der Waals surface area contributed by atoms with Crippen molar-refractivity contribution in [2.24, 2.45) is 0 Å². The SMILES string of the molecule is CCOC(=O)C1=C(CN2CCN(c3ccc(C(C)=O)cc3)CC2)NC(=O)N[C@@H]1c1ccc(F)cc1. The van der Waals surface area contributed by atoms with E-state index < -0.39 is 23.9 Å². The summed E-state index contributed by atoms with van der Waals surface area (Å²) in [5.74, 6) is -0.881. The van der Waals surface area contributed by atoms with E-state index in [0.29, 0.717) is 28.9 Å². The van der Waals surface area contributed by atoms with Gasteiger partial charge < -0.3 is 20.3 Å². The molecule has 0 aliphatic carbocycles. The first-order chi connectivity index (χ1) is 16.9. The molecule has 2 amide bonds. The molecule has 1 fully saturated rings. The summed E-state index contributed by atoms with van der Waals surface area (Å²) in [5.41, 5.74) is 3.14. The van der Waals surface area contributed by atoms with Crippen LogP contribution in [0, 0.1) is 5.82 Å². The zero-order valence-electron chi connectivity index (χ0n) is 19.8. The third-order valence-corrected chi connectivity index (χ3v) is 6.25. The van der Waals surface area contributed by atoms with Crippen molar-refractivity contribution in [2.45, 2.75) is 19.9 Å². The molecule has 2 aromatic rings. The fraction of sp³-hybridized carbons (Fsp3) is 0.346. The smallest absolute Gasteiger partial charge is 0.338 e. The summed E-state index contributed by atoms with van der Waals surface area (Å²) in [6.07, 6.45) is 0. The minimum atomic E-state index is -0.737. The van der Waals surface area contributed by atoms with Gasteiger partial charge in [0.05, 0.1) is 18.2 Å². The Morgan fingerprint density at radius 1 is 1.03 bits per heavy atom. The van der Waals surface area contributed by atoms with Crippen LogP contribution in [0.2, 0.25) is 0 Å². The maximum atomic E-state index is 13.5. The van der Waals surface area contributed by atoms with Crippen molar-refractivity contribution in [1.29, 1.82) is 0 Å². The lowest BCUT2D eigenvalue weighted by atomic mass is 9.95. The number of carbonyl (C=O) groups excluding carboxylic acids is 3. The quantitative estimate of drug-likeness (QED) is 0.468. The van der Waals surface area contributed by atoms with Crippen molar-refractivity contribution in [3.63, 3.8) is 0 Å². The summed E-state index contributed by atoms with van der Waals surface area (Å²) in [5, 5.41) is 5.56. The normalized spacial score (nSPS) is 18.7. The number of nitrogens with zero attached hydrogens (tertiary/aromatic N) is 2. The zero-order valence-corrected chi connectivity index (χ0v) is 19.8. The predicted octanol–water partition coefficient (Wildman–Crippen LogP) is 3.02. The minimum Gasteiger partial charge on any atom is -0.463 e. The second-order valence-electron chi connectivity index (χ2n) is 8.56. The van der Waals surface area contributed by atoms with Gasteiger partial charge in [0.15, 0.2) is 5.78 Å². The van der Waals surface area contributed by atoms with Gasteiger partial charge in [-0.05, 0) is 55.8 Å². The lowest BCUT2D eigenvalue weighted by Gasteiger charge is -2.38. The molecule has 2 N–H and O–H groups in total. The van der Waals surface area contributed by atoms with Crippen molar-refractivity contribution in [3.05, 3.63) is 76.7 Å². The summed E-state index contributed by atoms with van der Waals surface area (Å²) in [6.45, 7) is 6.80. The Bertz CT molecular complexity index is 1120. The van der Waals surface area contributed by atoms with Gasteiger partial charge in [0.25, 0.3) is 0 Å². The third-order valence-electron chi connectivity index (χ3n) is 6.25. The summed E-state index contributed by atoms with van der Waals surface area (Å²) in [4.78, 5) is 41.3. The van der Waals surface area contributed by atoms with Crippen molar-refractivity contribution in [1.82, 2.24) is 15.5 Å². The van der Waals surface area contributed by atoms with E-state index in [1.807, 2.05) is 24.3 Å². The molecule has 2 aromatic carbocycles. The number of amides is 2. The molecular weight excluding hydrogens is 451 g/mol. The van der Waals surface area contributed by atoms with Crippen LogP contribution in [0.4, 0.5) is 14.9 Å². The highest BCUT2D eigenvalue weighted by Crippen LogP contribution is 2.29. The second kappa shape index (κ2) is 10.7. The van der Waals surface area contributed by atoms with Gasteiger partial charge in [-0.3, -0.25) is 9.69 Å². The molecule has 9 heteroatoms. The Kier molecular flexibility index (Phi) is 7.45. The van der Waals surface area contributed by atoms with Gasteiger partial charge in [0, 0.05) is 49.7 Å². The molecule has 0 unspecified atom stereocenters. The number of piperazine rings is 1. The Labute approximate surface area is 203 Å². The molecule has 2 aliphatic heterocycles. The molecule has 0 spiro atoms. The highest BCUT2D eigenvalue weighted by atomic mass is 19.1. The number of hydrogen-bond donors (Lipinski definition) is 2. The number of hydrogen-bond acceptors (Lipinski definition) is 6. The van der Waals surface area contributed by atoms with Gasteiger partial charge in [0.1, 0.15) is 5.82 Å². The van der Waals surface area contributed by atoms with Gasteiger partial charge >= 0.3 is 12.0 Å². The van der Waals surface area contributed by atoms with E-state index in [2.05, 4.69) is 20.4 Å². The van der Waals surface area contributed by atoms with Crippen LogP contribution in [0.1, 0.15) is 35.8 Å². The number of carbonyl (C=O) groups is 3. The van der Waals surface area contributed by atoms with Crippen molar-refractivity contribution < 1.29 is 23.5 Å². The fourth-order valence-electron chi connectivity index (χ4n) is 4.39. The van der Waals surface area contributed by atoms with Gasteiger partial charge in [-0.15, -0.1) is 0 Å². The van der Waals surface area contributed by atoms with Crippen LogP contribution in [-0.2, 0) is 9.53 Å². The van der Waals surface area contributed by atoms with Crippen LogP contribution in [0.3, 0.4) is 0 Å². The van der Waals surface area contributed by atoms with E-state index >= 15 is 0 Å². The summed E-state index contributed by atoms with van der Waals surface area (Å²) in [6, 6.07) is 12.1. The number of urea groups is 1. The first-order valence-corrected chi connectivity index (χ1v) is 11.7. The Balaban J connectivity index is 1.51. The minimum absolute atomic E-state index is 0.0370. The summed E-state index contributed by atoms with van der Waals surface area (Å²) >= 11 is 0. The summed E-state index contributed by atoms with van der Waals surface area (Å²) in [7, 11) is 0. The topological polar surface area (TPSA) is 91.0 Å². The van der Waals surface area contributed by atoms with Gasteiger partial charge in [-0.1, -0.05) is 12.1 Å². The average molecular weight is 481 g/mol. The van der Waals surface area contributed by atoms with Crippen LogP contribution in [0.25, 0.3) is 0 Å². The molecule has 2 aliphatic rings. The molecule has 184 valence electrons. The summed E-state index contributed by atoms with van der Waals surface area (Å²) < 4.78 is 18.8. The Morgan fingerprint density at radius 3 is 2.29 bits per heavy atom. The molecule has 0 saturated carbocycles. The number of nitrogens with one attached hydrogen (secondary N) is 2. The van der Waals surface area contributed by atoms with E-state index in [9.17, 15) is 18.8 Å². The second-order valence-corrected chi connectivity index (χ2v) is 8.56. The number of Topliss-reactive ketones (excluding diaryl/α,β-unsaturated/α-hetero) is 1. The molecule has 1 atom stereocenters. The van der Waals surface area contributed by atoms with Crippen LogP contribution in [-0.4, -0.2) is 62.0 Å². The molecule has 2 heterocycles. The molecule has 1 saturated heterocycles. The molecule has 4 rings (SSSR count). The lowest BCUT2D eigenvalue weighted by molar-refractivity contribution is -0.139. The average Bonchev–Trinajstić information content (AvgIpc) is 2.85. The van der Waals surface area contributed by atoms with Crippen LogP contribution in [0.5, 0.6) is 0 Å². The van der Waals surface area contributed by atoms with E-state index in [1.165, 1.54) is 12.1 Å². The van der Waals surface area contributed by atoms with Gasteiger partial charge in [-0.2, -0.15) is 0 Å². The first-order valence-electron chi connectivity index (χ1n) is 11.7. The Morgan fingerprint density at radius 2 is 1.69 bits per heavy atom. The highest BCUT2D eigenvalue weighted by Gasteiger charge is 2.34. The van der Waals surface area contributed by atoms with Crippen molar-refractivity contribution in [2.75, 3.05) is 44.2 Å². The molecule has 0 aromatic heterocycles. The van der Waals surface area contributed by atoms with Crippen LogP contribution >= 0.6 is 0 Å². The molecular formula is C26H29FN4O4. The van der Waals surface area contributed by atoms with Crippen LogP contribution in [0.15, 0.2) is 59.8 Å².